The van der Waals surface area contributed by atoms with Crippen LogP contribution >= 0.6 is 0 Å². The van der Waals surface area contributed by atoms with Crippen molar-refractivity contribution in [2.45, 2.75) is 52.8 Å². The molecule has 4 nitrogen and oxygen atoms in total. The summed E-state index contributed by atoms with van der Waals surface area (Å²) in [7, 11) is 1.75. The highest BCUT2D eigenvalue weighted by atomic mass is 19.3. The summed E-state index contributed by atoms with van der Waals surface area (Å²) in [5, 5.41) is 5.92. The molecule has 0 radical (unpaired) electrons. The molecule has 0 saturated heterocycles. The topological polar surface area (TPSA) is 50.4 Å². The minimum Gasteiger partial charge on any atom is -0.435 e. The van der Waals surface area contributed by atoms with Crippen molar-refractivity contribution in [1.82, 2.24) is 10.6 Å². The minimum atomic E-state index is -2.87. The van der Waals surface area contributed by atoms with Gasteiger partial charge in [-0.1, -0.05) is 32.9 Å². The first kappa shape index (κ1) is 19.4. The largest absolute Gasteiger partial charge is 0.435 e. The van der Waals surface area contributed by atoms with E-state index in [0.29, 0.717) is 12.0 Å². The Morgan fingerprint density at radius 3 is 2.48 bits per heavy atom. The standard InChI is InChI=1S/C17H26F2N2O2/c1-11(12-7-6-8-13(9-12)23-16(18)19)21-15(22)14(20-5)10-17(2,3)4/h6-9,11,14,16,20H,10H2,1-5H3,(H,21,22). The zero-order valence-electron chi connectivity index (χ0n) is 14.3. The van der Waals surface area contributed by atoms with Gasteiger partial charge >= 0.3 is 6.61 Å². The van der Waals surface area contributed by atoms with Crippen molar-refractivity contribution in [3.8, 4) is 5.75 Å². The predicted octanol–water partition coefficient (Wildman–Crippen LogP) is 3.49. The lowest BCUT2D eigenvalue weighted by atomic mass is 9.87. The third kappa shape index (κ3) is 6.95. The molecule has 130 valence electrons. The third-order valence-corrected chi connectivity index (χ3v) is 3.42. The second-order valence-corrected chi connectivity index (χ2v) is 6.79. The van der Waals surface area contributed by atoms with Crippen molar-refractivity contribution in [2.75, 3.05) is 7.05 Å². The van der Waals surface area contributed by atoms with Crippen LogP contribution in [-0.4, -0.2) is 25.6 Å². The number of alkyl halides is 2. The van der Waals surface area contributed by atoms with Crippen molar-refractivity contribution in [2.24, 2.45) is 5.41 Å². The molecule has 0 spiro atoms. The van der Waals surface area contributed by atoms with E-state index in [1.807, 2.05) is 6.92 Å². The Bertz CT molecular complexity index is 516. The minimum absolute atomic E-state index is 0.0132. The monoisotopic (exact) mass is 328 g/mol. The molecular weight excluding hydrogens is 302 g/mol. The van der Waals surface area contributed by atoms with Crippen LogP contribution in [0, 0.1) is 5.41 Å². The number of carbonyl (C=O) groups is 1. The van der Waals surface area contributed by atoms with Crippen LogP contribution in [0.5, 0.6) is 5.75 Å². The highest BCUT2D eigenvalue weighted by Gasteiger charge is 2.24. The molecule has 1 amide bonds. The smallest absolute Gasteiger partial charge is 0.387 e. The summed E-state index contributed by atoms with van der Waals surface area (Å²) in [4.78, 5) is 12.4. The molecule has 2 unspecified atom stereocenters. The molecule has 6 heteroatoms. The Hall–Kier alpha value is -1.69. The van der Waals surface area contributed by atoms with Gasteiger partial charge in [-0.05, 0) is 43.5 Å². The van der Waals surface area contributed by atoms with Crippen LogP contribution in [-0.2, 0) is 4.79 Å². The summed E-state index contributed by atoms with van der Waals surface area (Å²) < 4.78 is 28.9. The summed E-state index contributed by atoms with van der Waals surface area (Å²) in [6.07, 6.45) is 0.691. The van der Waals surface area contributed by atoms with Crippen LogP contribution in [0.25, 0.3) is 0 Å². The molecule has 1 aromatic rings. The third-order valence-electron chi connectivity index (χ3n) is 3.42. The maximum Gasteiger partial charge on any atom is 0.387 e. The van der Waals surface area contributed by atoms with Gasteiger partial charge < -0.3 is 15.4 Å². The van der Waals surface area contributed by atoms with Gasteiger partial charge in [0.25, 0.3) is 0 Å². The lowest BCUT2D eigenvalue weighted by Crippen LogP contribution is -2.45. The van der Waals surface area contributed by atoms with Crippen LogP contribution in [0.3, 0.4) is 0 Å². The number of hydrogen-bond donors (Lipinski definition) is 2. The normalized spacial score (nSPS) is 14.4. The molecule has 2 atom stereocenters. The first-order valence-corrected chi connectivity index (χ1v) is 7.65. The Kier molecular flexibility index (Phi) is 6.94. The molecule has 0 aliphatic heterocycles. The fourth-order valence-corrected chi connectivity index (χ4v) is 2.30. The Labute approximate surface area is 136 Å². The van der Waals surface area contributed by atoms with Crippen LogP contribution in [0.4, 0.5) is 8.78 Å². The highest BCUT2D eigenvalue weighted by molar-refractivity contribution is 5.82. The van der Waals surface area contributed by atoms with E-state index in [0.717, 1.165) is 0 Å². The first-order valence-electron chi connectivity index (χ1n) is 7.65. The van der Waals surface area contributed by atoms with Gasteiger partial charge in [-0.2, -0.15) is 8.78 Å². The molecule has 0 heterocycles. The fraction of sp³-hybridized carbons (Fsp3) is 0.588. The second-order valence-electron chi connectivity index (χ2n) is 6.79. The van der Waals surface area contributed by atoms with E-state index >= 15 is 0 Å². The van der Waals surface area contributed by atoms with E-state index in [1.54, 1.807) is 19.2 Å². The van der Waals surface area contributed by atoms with Crippen molar-refractivity contribution >= 4 is 5.91 Å². The van der Waals surface area contributed by atoms with Crippen molar-refractivity contribution in [1.29, 1.82) is 0 Å². The van der Waals surface area contributed by atoms with E-state index < -0.39 is 6.61 Å². The van der Waals surface area contributed by atoms with E-state index in [-0.39, 0.29) is 29.2 Å². The molecule has 0 fully saturated rings. The van der Waals surface area contributed by atoms with E-state index in [2.05, 4.69) is 36.1 Å². The van der Waals surface area contributed by atoms with Gasteiger partial charge in [0.2, 0.25) is 5.91 Å². The summed E-state index contributed by atoms with van der Waals surface area (Å²) in [5.74, 6) is -0.0337. The lowest BCUT2D eigenvalue weighted by molar-refractivity contribution is -0.124. The molecule has 0 aliphatic rings. The zero-order valence-corrected chi connectivity index (χ0v) is 14.3. The summed E-state index contributed by atoms with van der Waals surface area (Å²) in [6, 6.07) is 5.74. The number of rotatable bonds is 7. The number of benzene rings is 1. The molecule has 0 saturated carbocycles. The maximum absolute atomic E-state index is 12.4. The number of hydrogen-bond acceptors (Lipinski definition) is 3. The summed E-state index contributed by atoms with van der Waals surface area (Å²) >= 11 is 0. The van der Waals surface area contributed by atoms with Gasteiger partial charge in [-0.25, -0.2) is 0 Å². The van der Waals surface area contributed by atoms with E-state index in [1.165, 1.54) is 12.1 Å². The number of amides is 1. The van der Waals surface area contributed by atoms with Crippen LogP contribution < -0.4 is 15.4 Å². The van der Waals surface area contributed by atoms with Gasteiger partial charge in [0.1, 0.15) is 5.75 Å². The average Bonchev–Trinajstić information content (AvgIpc) is 2.43. The van der Waals surface area contributed by atoms with Gasteiger partial charge in [-0.3, -0.25) is 4.79 Å². The van der Waals surface area contributed by atoms with Gasteiger partial charge in [-0.15, -0.1) is 0 Å². The molecule has 0 bridgehead atoms. The molecule has 23 heavy (non-hydrogen) atoms. The molecular formula is C17H26F2N2O2. The number of nitrogens with one attached hydrogen (secondary N) is 2. The molecule has 1 aromatic carbocycles. The van der Waals surface area contributed by atoms with Gasteiger partial charge in [0.15, 0.2) is 0 Å². The maximum atomic E-state index is 12.4. The number of likely N-dealkylation sites (N-methyl/N-ethyl adjacent to an activating group) is 1. The molecule has 2 N–H and O–H groups in total. The molecule has 0 aliphatic carbocycles. The SMILES string of the molecule is CNC(CC(C)(C)C)C(=O)NC(C)c1cccc(OC(F)F)c1. The summed E-state index contributed by atoms with van der Waals surface area (Å²) in [5.41, 5.74) is 0.723. The van der Waals surface area contributed by atoms with Crippen molar-refractivity contribution in [3.05, 3.63) is 29.8 Å². The van der Waals surface area contributed by atoms with Crippen molar-refractivity contribution < 1.29 is 18.3 Å². The average molecular weight is 328 g/mol. The van der Waals surface area contributed by atoms with Gasteiger partial charge in [0.05, 0.1) is 12.1 Å². The lowest BCUT2D eigenvalue weighted by Gasteiger charge is -2.26. The van der Waals surface area contributed by atoms with Crippen LogP contribution in [0.15, 0.2) is 24.3 Å². The fourth-order valence-electron chi connectivity index (χ4n) is 2.30. The Morgan fingerprint density at radius 1 is 1.30 bits per heavy atom. The summed E-state index contributed by atoms with van der Waals surface area (Å²) in [6.45, 7) is 5.15. The second kappa shape index (κ2) is 8.24. The number of ether oxygens (including phenoxy) is 1. The van der Waals surface area contributed by atoms with Crippen LogP contribution in [0.2, 0.25) is 0 Å². The van der Waals surface area contributed by atoms with E-state index in [9.17, 15) is 13.6 Å². The van der Waals surface area contributed by atoms with Crippen molar-refractivity contribution in [3.63, 3.8) is 0 Å². The van der Waals surface area contributed by atoms with Gasteiger partial charge in [0, 0.05) is 0 Å². The molecule has 1 rings (SSSR count). The Morgan fingerprint density at radius 2 is 1.96 bits per heavy atom. The van der Waals surface area contributed by atoms with E-state index in [4.69, 9.17) is 0 Å². The predicted molar refractivity (Wildman–Crippen MR) is 86.6 cm³/mol. The number of carbonyl (C=O) groups excluding carboxylic acids is 1. The first-order chi connectivity index (χ1) is 10.6. The Balaban J connectivity index is 2.74. The molecule has 0 aromatic heterocycles. The van der Waals surface area contributed by atoms with Crippen LogP contribution in [0.1, 0.15) is 45.7 Å². The highest BCUT2D eigenvalue weighted by Crippen LogP contribution is 2.23. The number of halogens is 2. The zero-order chi connectivity index (χ0) is 17.6. The quantitative estimate of drug-likeness (QED) is 0.805.